The number of carboxylic acids is 1. The zero-order valence-electron chi connectivity index (χ0n) is 27.0. The summed E-state index contributed by atoms with van der Waals surface area (Å²) in [4.78, 5) is 34.6. The highest BCUT2D eigenvalue weighted by atomic mass is 16.5. The van der Waals surface area contributed by atoms with Gasteiger partial charge in [-0.2, -0.15) is 0 Å². The highest BCUT2D eigenvalue weighted by molar-refractivity contribution is 5.80. The summed E-state index contributed by atoms with van der Waals surface area (Å²) in [6, 6.07) is 0. The number of allylic oxidation sites excluding steroid dienone is 11. The number of aliphatic carboxylic acids is 1. The van der Waals surface area contributed by atoms with Crippen molar-refractivity contribution in [3.8, 4) is 0 Å². The fourth-order valence-electron chi connectivity index (χ4n) is 4.16. The van der Waals surface area contributed by atoms with E-state index in [4.69, 9.17) is 9.84 Å². The predicted octanol–water partition coefficient (Wildman–Crippen LogP) is 9.50. The number of carbonyl (C=O) groups is 3. The van der Waals surface area contributed by atoms with Gasteiger partial charge in [0.25, 0.3) is 0 Å². The number of nitrogens with one attached hydrogen (secondary N) is 1. The topological polar surface area (TPSA) is 92.7 Å². The van der Waals surface area contributed by atoms with Gasteiger partial charge in [0.2, 0.25) is 5.91 Å². The average molecular weight is 598 g/mol. The predicted molar refractivity (Wildman–Crippen MR) is 180 cm³/mol. The minimum atomic E-state index is -1.04. The lowest BCUT2D eigenvalue weighted by molar-refractivity contribution is -0.147. The maximum absolute atomic E-state index is 12.5. The second-order valence-electron chi connectivity index (χ2n) is 10.7. The van der Waals surface area contributed by atoms with Crippen LogP contribution in [-0.4, -0.2) is 35.6 Å². The largest absolute Gasteiger partial charge is 0.480 e. The number of hydrogen-bond acceptors (Lipinski definition) is 4. The lowest BCUT2D eigenvalue weighted by Crippen LogP contribution is -2.28. The van der Waals surface area contributed by atoms with Crippen LogP contribution in [0.2, 0.25) is 0 Å². The Hall–Kier alpha value is -3.15. The van der Waals surface area contributed by atoms with Crippen LogP contribution in [0.4, 0.5) is 0 Å². The first-order chi connectivity index (χ1) is 21.0. The van der Waals surface area contributed by atoms with E-state index in [0.717, 1.165) is 89.9 Å². The summed E-state index contributed by atoms with van der Waals surface area (Å²) in [5.41, 5.74) is 0. The lowest BCUT2D eigenvalue weighted by atomic mass is 10.1. The fourth-order valence-corrected chi connectivity index (χ4v) is 4.16. The van der Waals surface area contributed by atoms with Crippen molar-refractivity contribution < 1.29 is 24.2 Å². The molecule has 0 aromatic carbocycles. The van der Waals surface area contributed by atoms with Crippen molar-refractivity contribution >= 4 is 17.8 Å². The van der Waals surface area contributed by atoms with Crippen LogP contribution in [0.5, 0.6) is 0 Å². The van der Waals surface area contributed by atoms with Gasteiger partial charge in [-0.05, 0) is 83.1 Å². The van der Waals surface area contributed by atoms with Crippen LogP contribution in [0.15, 0.2) is 72.9 Å². The van der Waals surface area contributed by atoms with Crippen molar-refractivity contribution in [2.45, 2.75) is 136 Å². The summed E-state index contributed by atoms with van der Waals surface area (Å²) in [5.74, 6) is -1.41. The Morgan fingerprint density at radius 1 is 0.651 bits per heavy atom. The monoisotopic (exact) mass is 597 g/mol. The third-order valence-electron chi connectivity index (χ3n) is 6.60. The van der Waals surface area contributed by atoms with Gasteiger partial charge < -0.3 is 15.2 Å². The molecule has 0 spiro atoms. The first kappa shape index (κ1) is 39.8. The highest BCUT2D eigenvalue weighted by Gasteiger charge is 2.11. The number of esters is 1. The molecule has 0 aromatic heterocycles. The first-order valence-corrected chi connectivity index (χ1v) is 16.6. The zero-order chi connectivity index (χ0) is 31.6. The van der Waals surface area contributed by atoms with E-state index in [1.807, 2.05) is 6.08 Å². The van der Waals surface area contributed by atoms with Crippen LogP contribution < -0.4 is 5.32 Å². The average Bonchev–Trinajstić information content (AvgIpc) is 2.99. The quantitative estimate of drug-likeness (QED) is 0.0532. The third-order valence-corrected chi connectivity index (χ3v) is 6.60. The number of carbonyl (C=O) groups excluding carboxylic acids is 2. The molecular weight excluding hydrogens is 538 g/mol. The summed E-state index contributed by atoms with van der Waals surface area (Å²) < 4.78 is 5.79. The van der Waals surface area contributed by atoms with Gasteiger partial charge in [0, 0.05) is 12.8 Å². The van der Waals surface area contributed by atoms with Gasteiger partial charge in [-0.15, -0.1) is 0 Å². The van der Waals surface area contributed by atoms with Gasteiger partial charge in [-0.25, -0.2) is 0 Å². The molecule has 43 heavy (non-hydrogen) atoms. The van der Waals surface area contributed by atoms with Crippen molar-refractivity contribution in [2.75, 3.05) is 6.54 Å². The standard InChI is InChI=1S/C37H59NO5/c1-3-5-7-9-10-11-12-13-14-15-16-17-18-19-20-22-28-32-37(42)43-34(29-25-21-8-6-4-2)30-26-23-24-27-31-35(39)38-33-36(40)41/h5,7,10-11,13-14,16-17,19-20,25,29,34H,3-4,6,8-9,12,15,18,21-24,26-28,30-33H2,1-2H3,(H,38,39)(H,40,41)/b7-5-,11-10-,14-13-,17-16-,20-19-,29-25-. The van der Waals surface area contributed by atoms with E-state index in [1.165, 1.54) is 12.8 Å². The van der Waals surface area contributed by atoms with Gasteiger partial charge >= 0.3 is 11.9 Å². The molecule has 0 fully saturated rings. The van der Waals surface area contributed by atoms with Crippen molar-refractivity contribution in [1.82, 2.24) is 5.32 Å². The number of rotatable bonds is 28. The summed E-state index contributed by atoms with van der Waals surface area (Å²) in [7, 11) is 0. The Bertz CT molecular complexity index is 881. The van der Waals surface area contributed by atoms with E-state index < -0.39 is 5.97 Å². The molecule has 6 heteroatoms. The summed E-state index contributed by atoms with van der Waals surface area (Å²) in [5, 5.41) is 11.0. The van der Waals surface area contributed by atoms with Crippen molar-refractivity contribution in [3.05, 3.63) is 72.9 Å². The molecule has 0 rings (SSSR count). The Labute approximate surface area is 262 Å². The minimum Gasteiger partial charge on any atom is -0.480 e. The van der Waals surface area contributed by atoms with E-state index in [1.54, 1.807) is 0 Å². The van der Waals surface area contributed by atoms with Crippen LogP contribution in [-0.2, 0) is 19.1 Å². The number of carboxylic acid groups (broad SMARTS) is 1. The van der Waals surface area contributed by atoms with Gasteiger partial charge in [-0.3, -0.25) is 14.4 Å². The van der Waals surface area contributed by atoms with E-state index in [0.29, 0.717) is 12.8 Å². The van der Waals surface area contributed by atoms with Gasteiger partial charge in [0.1, 0.15) is 12.6 Å². The van der Waals surface area contributed by atoms with Crippen LogP contribution >= 0.6 is 0 Å². The van der Waals surface area contributed by atoms with E-state index in [-0.39, 0.29) is 24.5 Å². The van der Waals surface area contributed by atoms with Gasteiger partial charge in [0.15, 0.2) is 0 Å². The molecule has 0 aliphatic rings. The Morgan fingerprint density at radius 2 is 1.23 bits per heavy atom. The second kappa shape index (κ2) is 31.8. The molecule has 0 aromatic rings. The van der Waals surface area contributed by atoms with Crippen LogP contribution in [0.3, 0.4) is 0 Å². The van der Waals surface area contributed by atoms with E-state index >= 15 is 0 Å². The third kappa shape index (κ3) is 31.6. The molecule has 1 unspecified atom stereocenters. The molecule has 0 heterocycles. The maximum atomic E-state index is 12.5. The van der Waals surface area contributed by atoms with Crippen molar-refractivity contribution in [3.63, 3.8) is 0 Å². The molecule has 6 nitrogen and oxygen atoms in total. The highest BCUT2D eigenvalue weighted by Crippen LogP contribution is 2.13. The molecule has 0 radical (unpaired) electrons. The normalized spacial score (nSPS) is 13.0. The molecule has 0 saturated heterocycles. The number of amides is 1. The lowest BCUT2D eigenvalue weighted by Gasteiger charge is -2.14. The maximum Gasteiger partial charge on any atom is 0.322 e. The van der Waals surface area contributed by atoms with Gasteiger partial charge in [0.05, 0.1) is 0 Å². The van der Waals surface area contributed by atoms with Crippen molar-refractivity contribution in [1.29, 1.82) is 0 Å². The number of ether oxygens (including phenoxy) is 1. The SMILES string of the molecule is CC/C=C\C/C=C\C/C=C\C/C=C\C/C=C\CCCC(=O)OC(/C=C\CCCCC)CCCCCCC(=O)NCC(=O)O. The molecule has 242 valence electrons. The molecule has 0 saturated carbocycles. The molecule has 1 atom stereocenters. The van der Waals surface area contributed by atoms with Gasteiger partial charge in [-0.1, -0.05) is 106 Å². The molecule has 0 aliphatic carbocycles. The smallest absolute Gasteiger partial charge is 0.322 e. The van der Waals surface area contributed by atoms with Crippen LogP contribution in [0.1, 0.15) is 129 Å². The van der Waals surface area contributed by atoms with Crippen LogP contribution in [0, 0.1) is 0 Å². The van der Waals surface area contributed by atoms with Crippen LogP contribution in [0.25, 0.3) is 0 Å². The molecule has 2 N–H and O–H groups in total. The summed E-state index contributed by atoms with van der Waals surface area (Å²) in [6.07, 6.45) is 41.9. The summed E-state index contributed by atoms with van der Waals surface area (Å²) >= 11 is 0. The van der Waals surface area contributed by atoms with E-state index in [2.05, 4.69) is 86.0 Å². The first-order valence-electron chi connectivity index (χ1n) is 16.6. The summed E-state index contributed by atoms with van der Waals surface area (Å²) in [6.45, 7) is 4.00. The molecule has 0 bridgehead atoms. The zero-order valence-corrected chi connectivity index (χ0v) is 27.0. The Morgan fingerprint density at radius 3 is 1.84 bits per heavy atom. The minimum absolute atomic E-state index is 0.148. The van der Waals surface area contributed by atoms with Crippen molar-refractivity contribution in [2.24, 2.45) is 0 Å². The molecule has 0 aliphatic heterocycles. The Balaban J connectivity index is 4.17. The molecular formula is C37H59NO5. The second-order valence-corrected chi connectivity index (χ2v) is 10.7. The fraction of sp³-hybridized carbons (Fsp3) is 0.595. The number of unbranched alkanes of at least 4 members (excludes halogenated alkanes) is 7. The number of hydrogen-bond donors (Lipinski definition) is 2. The molecule has 1 amide bonds. The Kier molecular flexibility index (Phi) is 29.5. The van der Waals surface area contributed by atoms with E-state index in [9.17, 15) is 14.4 Å².